The van der Waals surface area contributed by atoms with Gasteiger partial charge in [-0.3, -0.25) is 0 Å². The fraction of sp³-hybridized carbons (Fsp3) is 0.857. The van der Waals surface area contributed by atoms with Gasteiger partial charge in [-0.25, -0.2) is 0 Å². The number of ether oxygens (including phenoxy) is 3. The van der Waals surface area contributed by atoms with Crippen LogP contribution in [-0.2, 0) is 14.2 Å². The topological polar surface area (TPSA) is 27.7 Å². The second-order valence-corrected chi connectivity index (χ2v) is 15.0. The van der Waals surface area contributed by atoms with Crippen LogP contribution in [0.25, 0.3) is 0 Å². The van der Waals surface area contributed by atoms with Gasteiger partial charge in [0.05, 0.1) is 19.8 Å². The molecule has 0 bridgehead atoms. The zero-order valence-electron chi connectivity index (χ0n) is 21.4. The van der Waals surface area contributed by atoms with Gasteiger partial charge in [0.15, 0.2) is 0 Å². The second-order valence-electron chi connectivity index (χ2n) is 5.31. The number of hydrogen-bond donors (Lipinski definition) is 3. The average Bonchev–Trinajstić information content (AvgIpc) is 2.72. The van der Waals surface area contributed by atoms with Gasteiger partial charge in [0.2, 0.25) is 0 Å². The van der Waals surface area contributed by atoms with Crippen molar-refractivity contribution in [2.24, 2.45) is 0 Å². The molecule has 31 heavy (non-hydrogen) atoms. The Hall–Kier alpha value is 2.15. The first-order valence-corrected chi connectivity index (χ1v) is 16.9. The summed E-state index contributed by atoms with van der Waals surface area (Å²) in [6.45, 7) is 21.2. The minimum absolute atomic E-state index is 0. The fourth-order valence-corrected chi connectivity index (χ4v) is 8.24. The summed E-state index contributed by atoms with van der Waals surface area (Å²) in [4.78, 5) is 0. The summed E-state index contributed by atoms with van der Waals surface area (Å²) in [5.74, 6) is 6.89. The molecule has 0 aromatic heterocycles. The number of rotatable bonds is 9. The van der Waals surface area contributed by atoms with Crippen LogP contribution in [0.1, 0.15) is 62.3 Å². The van der Waals surface area contributed by atoms with E-state index in [1.165, 1.54) is 0 Å². The van der Waals surface area contributed by atoms with Crippen molar-refractivity contribution in [3.63, 3.8) is 0 Å². The van der Waals surface area contributed by atoms with Gasteiger partial charge < -0.3 is 14.2 Å². The van der Waals surface area contributed by atoms with Crippen LogP contribution in [0.2, 0.25) is 0 Å². The average molecular weight is 619 g/mol. The second kappa shape index (κ2) is 30.2. The summed E-state index contributed by atoms with van der Waals surface area (Å²) in [6, 6.07) is 0. The molecule has 0 fully saturated rings. The van der Waals surface area contributed by atoms with Crippen LogP contribution in [0.3, 0.4) is 0 Å². The predicted octanol–water partition coefficient (Wildman–Crippen LogP) is 5.86. The van der Waals surface area contributed by atoms with Crippen molar-refractivity contribution in [1.29, 1.82) is 0 Å². The molecule has 0 aliphatic heterocycles. The quantitative estimate of drug-likeness (QED) is 0.172. The number of thiol groups is 3. The van der Waals surface area contributed by atoms with Crippen molar-refractivity contribution in [1.82, 2.24) is 0 Å². The van der Waals surface area contributed by atoms with Gasteiger partial charge in [-0.1, -0.05) is 41.5 Å². The summed E-state index contributed by atoms with van der Waals surface area (Å²) >= 11 is 12.8. The van der Waals surface area contributed by atoms with Crippen molar-refractivity contribution in [3.8, 4) is 0 Å². The van der Waals surface area contributed by atoms with Crippen LogP contribution < -0.4 is 0 Å². The Morgan fingerprint density at radius 3 is 0.710 bits per heavy atom. The molecule has 194 valence electrons. The van der Waals surface area contributed by atoms with Gasteiger partial charge >= 0.3 is 18.0 Å². The van der Waals surface area contributed by atoms with Crippen molar-refractivity contribution in [2.75, 3.05) is 54.3 Å². The van der Waals surface area contributed by atoms with Gasteiger partial charge in [0, 0.05) is 0 Å². The molecule has 0 aliphatic carbocycles. The number of hydrogen-bond acceptors (Lipinski definition) is 3. The molecule has 0 heterocycles. The van der Waals surface area contributed by atoms with Crippen molar-refractivity contribution < 1.29 is 14.2 Å². The van der Waals surface area contributed by atoms with Crippen molar-refractivity contribution >= 4 is 100 Å². The third kappa shape index (κ3) is 23.7. The molecule has 0 rings (SSSR count). The van der Waals surface area contributed by atoms with E-state index in [0.717, 1.165) is 67.5 Å². The van der Waals surface area contributed by atoms with Gasteiger partial charge in [-0.15, -0.1) is 37.9 Å². The van der Waals surface area contributed by atoms with Gasteiger partial charge in [0.25, 0.3) is 0 Å². The monoisotopic (exact) mass is 618 g/mol. The normalized spacial score (nSPS) is 10.2. The summed E-state index contributed by atoms with van der Waals surface area (Å²) in [6.07, 6.45) is 0. The Kier molecular flexibility index (Phi) is 39.3. The standard InChI is InChI=1S/3C7H16OS2.AsH3/c3*1-4-8-7(9)10(5-2)6-3;/h3*9H,4-6H2,1-3H3;1H3. The third-order valence-electron chi connectivity index (χ3n) is 3.64. The SMILES string of the molecule is CCOC(S)=S(CC)CC.CCOC(S)=S(CC)CC.CCOC(S)=S(CC)CC.[AsH3]. The molecule has 10 heteroatoms. The van der Waals surface area contributed by atoms with Crippen LogP contribution in [0.4, 0.5) is 0 Å². The maximum atomic E-state index is 5.28. The van der Waals surface area contributed by atoms with E-state index in [1.54, 1.807) is 0 Å². The Bertz CT molecular complexity index is 422. The molecule has 0 aromatic carbocycles. The van der Waals surface area contributed by atoms with Gasteiger partial charge in [0.1, 0.15) is 13.1 Å². The Morgan fingerprint density at radius 1 is 0.452 bits per heavy atom. The molecule has 3 nitrogen and oxygen atoms in total. The Labute approximate surface area is 229 Å². The zero-order valence-corrected chi connectivity index (χ0v) is 29.5. The minimum atomic E-state index is 0. The summed E-state index contributed by atoms with van der Waals surface area (Å²) in [7, 11) is 0.827. The van der Waals surface area contributed by atoms with Crippen LogP contribution in [0.15, 0.2) is 0 Å². The Morgan fingerprint density at radius 2 is 0.613 bits per heavy atom. The van der Waals surface area contributed by atoms with Crippen LogP contribution in [-0.4, -0.2) is 85.4 Å². The predicted molar refractivity (Wildman–Crippen MR) is 173 cm³/mol. The van der Waals surface area contributed by atoms with E-state index in [1.807, 2.05) is 20.8 Å². The van der Waals surface area contributed by atoms with Crippen molar-refractivity contribution in [3.05, 3.63) is 0 Å². The molecule has 0 N–H and O–H groups in total. The molecule has 0 radical (unpaired) electrons. The molecular weight excluding hydrogens is 568 g/mol. The van der Waals surface area contributed by atoms with E-state index in [4.69, 9.17) is 14.2 Å². The zero-order chi connectivity index (χ0) is 23.9. The van der Waals surface area contributed by atoms with Gasteiger partial charge in [-0.2, -0.15) is 31.5 Å². The fourth-order valence-electron chi connectivity index (χ4n) is 1.97. The van der Waals surface area contributed by atoms with Gasteiger partial charge in [-0.05, 0) is 55.3 Å². The first kappa shape index (κ1) is 40.3. The van der Waals surface area contributed by atoms with E-state index >= 15 is 0 Å². The maximum absolute atomic E-state index is 5.28. The molecule has 1 atom stereocenters. The molecule has 1 unspecified atom stereocenters. The van der Waals surface area contributed by atoms with E-state index in [-0.39, 0.29) is 49.4 Å². The molecule has 0 amide bonds. The van der Waals surface area contributed by atoms with E-state index in [9.17, 15) is 0 Å². The van der Waals surface area contributed by atoms with Crippen LogP contribution in [0, 0.1) is 0 Å². The van der Waals surface area contributed by atoms with Crippen molar-refractivity contribution in [2.45, 2.75) is 62.3 Å². The molecular formula is C21H51AsO3S6. The van der Waals surface area contributed by atoms with Crippen LogP contribution >= 0.6 is 69.3 Å². The summed E-state index contributed by atoms with van der Waals surface area (Å²) in [5.41, 5.74) is 0. The third-order valence-corrected chi connectivity index (χ3v) is 12.4. The molecule has 0 aromatic rings. The molecule has 0 saturated carbocycles. The van der Waals surface area contributed by atoms with E-state index in [2.05, 4.69) is 79.4 Å². The summed E-state index contributed by atoms with van der Waals surface area (Å²) in [5, 5.41) is 0. The van der Waals surface area contributed by atoms with E-state index in [0.29, 0.717) is 0 Å². The Balaban J connectivity index is -0.000000174. The molecule has 0 aliphatic rings. The summed E-state index contributed by atoms with van der Waals surface area (Å²) < 4.78 is 18.6. The van der Waals surface area contributed by atoms with Crippen LogP contribution in [0.5, 0.6) is 0 Å². The first-order valence-electron chi connectivity index (χ1n) is 10.9. The molecule has 0 saturated heterocycles. The molecule has 0 spiro atoms. The van der Waals surface area contributed by atoms with E-state index < -0.39 is 0 Å². The first-order chi connectivity index (χ1) is 14.3.